The maximum Gasteiger partial charge on any atom is 0.236 e. The van der Waals surface area contributed by atoms with E-state index in [9.17, 15) is 17.6 Å². The molecule has 1 atom stereocenters. The number of anilines is 2. The summed E-state index contributed by atoms with van der Waals surface area (Å²) < 4.78 is 39.5. The van der Waals surface area contributed by atoms with Crippen molar-refractivity contribution in [3.8, 4) is 11.6 Å². The molecule has 5 rings (SSSR count). The highest BCUT2D eigenvalue weighted by molar-refractivity contribution is 7.89. The number of halogens is 1. The Hall–Kier alpha value is -3.74. The Morgan fingerprint density at radius 1 is 1.05 bits per heavy atom. The summed E-state index contributed by atoms with van der Waals surface area (Å²) in [6.45, 7) is 3.62. The molecule has 3 aromatic heterocycles. The third kappa shape index (κ3) is 5.50. The summed E-state index contributed by atoms with van der Waals surface area (Å²) >= 11 is 0. The number of carbonyl (C=O) groups is 1. The van der Waals surface area contributed by atoms with E-state index in [-0.39, 0.29) is 6.04 Å². The average Bonchev–Trinajstić information content (AvgIpc) is 2.88. The topological polar surface area (TPSA) is 134 Å². The second-order valence-electron chi connectivity index (χ2n) is 9.29. The lowest BCUT2D eigenvalue weighted by atomic mass is 9.96. The molecule has 0 bridgehead atoms. The first-order chi connectivity index (χ1) is 17.7. The summed E-state index contributed by atoms with van der Waals surface area (Å²) in [7, 11) is -3.60. The second-order valence-corrected chi connectivity index (χ2v) is 11.0. The molecule has 194 valence electrons. The average molecular weight is 527 g/mol. The van der Waals surface area contributed by atoms with Crippen molar-refractivity contribution in [3.63, 3.8) is 0 Å². The summed E-state index contributed by atoms with van der Waals surface area (Å²) in [5.41, 5.74) is 2.53. The molecule has 1 amide bonds. The Kier molecular flexibility index (Phi) is 6.71. The van der Waals surface area contributed by atoms with Crippen LogP contribution in [-0.2, 0) is 21.2 Å². The first-order valence-electron chi connectivity index (χ1n) is 12.0. The number of hydrogen-bond acceptors (Lipinski definition) is 10. The number of amides is 1. The van der Waals surface area contributed by atoms with E-state index in [2.05, 4.69) is 29.6 Å². The van der Waals surface area contributed by atoms with E-state index in [0.717, 1.165) is 17.5 Å². The monoisotopic (exact) mass is 526 g/mol. The maximum atomic E-state index is 14.7. The molecule has 11 nitrogen and oxygen atoms in total. The molecular weight excluding hydrogens is 499 g/mol. The summed E-state index contributed by atoms with van der Waals surface area (Å²) in [4.78, 5) is 38.0. The second kappa shape index (κ2) is 9.96. The van der Waals surface area contributed by atoms with Crippen LogP contribution < -0.4 is 14.5 Å². The number of pyridine rings is 1. The van der Waals surface area contributed by atoms with Gasteiger partial charge in [-0.15, -0.1) is 0 Å². The summed E-state index contributed by atoms with van der Waals surface area (Å²) in [5, 5.41) is 0. The number of sulfonamides is 1. The maximum absolute atomic E-state index is 14.7. The first-order valence-corrected chi connectivity index (χ1v) is 13.9. The molecule has 1 saturated heterocycles. The standard InChI is InChI=1S/C24H27FN8O3S/c1-15-18-14-28-23(22-26-7-3-8-27-22)29-19(18)6-11-33(15)21-13-17(12-20(25)30-21)32-9-4-16(5-10-32)24(34)31-37(2,35)36/h3,7-8,12-16H,4-6,9-11H2,1-2H3,(H,31,34). The molecule has 5 heterocycles. The number of fused-ring (bicyclic) bond motifs is 1. The van der Waals surface area contributed by atoms with Gasteiger partial charge in [0.1, 0.15) is 5.82 Å². The van der Waals surface area contributed by atoms with Gasteiger partial charge in [-0.3, -0.25) is 9.52 Å². The lowest BCUT2D eigenvalue weighted by Crippen LogP contribution is -2.42. The van der Waals surface area contributed by atoms with Crippen molar-refractivity contribution in [2.24, 2.45) is 5.92 Å². The third-order valence-electron chi connectivity index (χ3n) is 6.75. The minimum Gasteiger partial charge on any atom is -0.371 e. The molecule has 0 spiro atoms. The van der Waals surface area contributed by atoms with Crippen molar-refractivity contribution in [1.29, 1.82) is 0 Å². The highest BCUT2D eigenvalue weighted by Gasteiger charge is 2.30. The minimum atomic E-state index is -3.60. The number of aromatic nitrogens is 5. The van der Waals surface area contributed by atoms with Crippen molar-refractivity contribution in [2.45, 2.75) is 32.2 Å². The van der Waals surface area contributed by atoms with Crippen LogP contribution in [0.1, 0.15) is 37.1 Å². The van der Waals surface area contributed by atoms with Crippen LogP contribution in [0.15, 0.2) is 36.8 Å². The summed E-state index contributed by atoms with van der Waals surface area (Å²) in [6.07, 6.45) is 7.61. The predicted octanol–water partition coefficient (Wildman–Crippen LogP) is 1.88. The first kappa shape index (κ1) is 24.9. The number of hydrogen-bond donors (Lipinski definition) is 1. The van der Waals surface area contributed by atoms with Gasteiger partial charge in [-0.2, -0.15) is 4.39 Å². The van der Waals surface area contributed by atoms with Gasteiger partial charge in [-0.1, -0.05) is 0 Å². The van der Waals surface area contributed by atoms with Crippen LogP contribution >= 0.6 is 0 Å². The summed E-state index contributed by atoms with van der Waals surface area (Å²) in [5.74, 6) is -0.0271. The van der Waals surface area contributed by atoms with Crippen molar-refractivity contribution in [2.75, 3.05) is 35.7 Å². The van der Waals surface area contributed by atoms with Gasteiger partial charge >= 0.3 is 0 Å². The normalized spacial score (nSPS) is 18.4. The molecule has 0 radical (unpaired) electrons. The molecule has 1 unspecified atom stereocenters. The van der Waals surface area contributed by atoms with Crippen molar-refractivity contribution >= 4 is 27.4 Å². The van der Waals surface area contributed by atoms with Gasteiger partial charge in [0.2, 0.25) is 21.9 Å². The van der Waals surface area contributed by atoms with Crippen LogP contribution in [0.2, 0.25) is 0 Å². The lowest BCUT2D eigenvalue weighted by molar-refractivity contribution is -0.123. The van der Waals surface area contributed by atoms with Gasteiger partial charge in [-0.05, 0) is 25.8 Å². The predicted molar refractivity (Wildman–Crippen MR) is 135 cm³/mol. The molecule has 2 aliphatic heterocycles. The Morgan fingerprint density at radius 3 is 2.49 bits per heavy atom. The SMILES string of the molecule is CC1c2cnc(-c3ncccn3)nc2CCN1c1cc(N2CCC(C(=O)NS(C)(=O)=O)CC2)cc(F)n1. The number of nitrogens with zero attached hydrogens (tertiary/aromatic N) is 7. The van der Waals surface area contributed by atoms with Gasteiger partial charge in [-0.25, -0.2) is 33.3 Å². The lowest BCUT2D eigenvalue weighted by Gasteiger charge is -2.37. The van der Waals surface area contributed by atoms with E-state index in [4.69, 9.17) is 0 Å². The molecule has 2 aliphatic rings. The fourth-order valence-corrected chi connectivity index (χ4v) is 5.40. The number of carbonyl (C=O) groups excluding carboxylic acids is 1. The Balaban J connectivity index is 1.32. The zero-order chi connectivity index (χ0) is 26.2. The minimum absolute atomic E-state index is 0.123. The van der Waals surface area contributed by atoms with Gasteiger partial charge in [0.05, 0.1) is 18.0 Å². The van der Waals surface area contributed by atoms with E-state index >= 15 is 0 Å². The molecule has 0 aromatic carbocycles. The highest BCUT2D eigenvalue weighted by atomic mass is 32.2. The number of rotatable bonds is 5. The van der Waals surface area contributed by atoms with Gasteiger partial charge in [0.15, 0.2) is 11.6 Å². The van der Waals surface area contributed by atoms with Crippen LogP contribution in [0.4, 0.5) is 15.9 Å². The van der Waals surface area contributed by atoms with Crippen molar-refractivity contribution in [3.05, 3.63) is 54.0 Å². The fourth-order valence-electron chi connectivity index (χ4n) is 4.86. The highest BCUT2D eigenvalue weighted by Crippen LogP contribution is 2.34. The molecular formula is C24H27FN8O3S. The fraction of sp³-hybridized carbons (Fsp3) is 0.417. The van der Waals surface area contributed by atoms with E-state index in [1.807, 2.05) is 22.8 Å². The van der Waals surface area contributed by atoms with Gasteiger partial charge in [0, 0.05) is 73.9 Å². The van der Waals surface area contributed by atoms with E-state index < -0.39 is 27.8 Å². The molecule has 37 heavy (non-hydrogen) atoms. The van der Waals surface area contributed by atoms with Crippen LogP contribution in [0.3, 0.4) is 0 Å². The Bertz CT molecular complexity index is 1410. The Morgan fingerprint density at radius 2 is 1.78 bits per heavy atom. The van der Waals surface area contributed by atoms with E-state index in [1.165, 1.54) is 6.07 Å². The number of piperidine rings is 1. The third-order valence-corrected chi connectivity index (χ3v) is 7.32. The molecule has 0 aliphatic carbocycles. The van der Waals surface area contributed by atoms with Gasteiger partial charge in [0.25, 0.3) is 0 Å². The molecule has 0 saturated carbocycles. The van der Waals surface area contributed by atoms with E-state index in [1.54, 1.807) is 24.7 Å². The number of nitrogens with one attached hydrogen (secondary N) is 1. The molecule has 1 fully saturated rings. The summed E-state index contributed by atoms with van der Waals surface area (Å²) in [6, 6.07) is 4.86. The van der Waals surface area contributed by atoms with Gasteiger partial charge < -0.3 is 9.80 Å². The quantitative estimate of drug-likeness (QED) is 0.491. The Labute approximate surface area is 214 Å². The molecule has 13 heteroatoms. The van der Waals surface area contributed by atoms with Crippen LogP contribution in [0, 0.1) is 11.9 Å². The van der Waals surface area contributed by atoms with Crippen molar-refractivity contribution in [1.82, 2.24) is 29.6 Å². The zero-order valence-corrected chi connectivity index (χ0v) is 21.3. The largest absolute Gasteiger partial charge is 0.371 e. The molecule has 3 aromatic rings. The smallest absolute Gasteiger partial charge is 0.236 e. The van der Waals surface area contributed by atoms with Crippen LogP contribution in [-0.4, -0.2) is 65.1 Å². The molecule has 1 N–H and O–H groups in total. The van der Waals surface area contributed by atoms with Crippen molar-refractivity contribution < 1.29 is 17.6 Å². The van der Waals surface area contributed by atoms with E-state index in [0.29, 0.717) is 62.1 Å². The van der Waals surface area contributed by atoms with Crippen LogP contribution in [0.5, 0.6) is 0 Å². The van der Waals surface area contributed by atoms with Crippen LogP contribution in [0.25, 0.3) is 11.6 Å². The zero-order valence-electron chi connectivity index (χ0n) is 20.5.